The van der Waals surface area contributed by atoms with Crippen molar-refractivity contribution in [1.82, 2.24) is 5.32 Å². The molecule has 2 amide bonds. The van der Waals surface area contributed by atoms with E-state index in [1.54, 1.807) is 19.2 Å². The summed E-state index contributed by atoms with van der Waals surface area (Å²) in [6.07, 6.45) is 2.01. The number of carbonyl (C=O) groups is 1. The minimum absolute atomic E-state index is 0.211. The van der Waals surface area contributed by atoms with Crippen LogP contribution >= 0.6 is 0 Å². The third-order valence-corrected chi connectivity index (χ3v) is 4.43. The highest BCUT2D eigenvalue weighted by Crippen LogP contribution is 2.28. The highest BCUT2D eigenvalue weighted by atomic mass is 16.5. The molecule has 0 unspecified atom stereocenters. The van der Waals surface area contributed by atoms with Gasteiger partial charge in [0, 0.05) is 13.0 Å². The van der Waals surface area contributed by atoms with Gasteiger partial charge in [0.2, 0.25) is 0 Å². The molecule has 0 fully saturated rings. The smallest absolute Gasteiger partial charge is 0.319 e. The van der Waals surface area contributed by atoms with Crippen molar-refractivity contribution in [2.24, 2.45) is 0 Å². The van der Waals surface area contributed by atoms with Crippen LogP contribution in [0.15, 0.2) is 48.5 Å². The molecule has 5 heteroatoms. The summed E-state index contributed by atoms with van der Waals surface area (Å²) in [6, 6.07) is 15.0. The van der Waals surface area contributed by atoms with Gasteiger partial charge in [0.1, 0.15) is 5.75 Å². The van der Waals surface area contributed by atoms with Crippen LogP contribution in [0, 0.1) is 0 Å². The average molecular weight is 326 g/mol. The van der Waals surface area contributed by atoms with E-state index in [1.807, 2.05) is 30.3 Å². The normalized spacial score (nSPS) is 19.2. The lowest BCUT2D eigenvalue weighted by Crippen LogP contribution is -2.47. The molecule has 1 atom stereocenters. The van der Waals surface area contributed by atoms with Gasteiger partial charge in [0.05, 0.1) is 18.4 Å². The lowest BCUT2D eigenvalue weighted by atomic mass is 9.80. The fraction of sp³-hybridized carbons (Fsp3) is 0.316. The number of anilines is 1. The number of fused-ring (bicyclic) bond motifs is 1. The first-order chi connectivity index (χ1) is 11.6. The SMILES string of the molecule is COc1ccccc1NC(=O)NC[C@]1(O)CCc2ccccc2C1. The fourth-order valence-corrected chi connectivity index (χ4v) is 3.09. The zero-order valence-corrected chi connectivity index (χ0v) is 13.7. The number of aliphatic hydroxyl groups is 1. The van der Waals surface area contributed by atoms with E-state index < -0.39 is 5.60 Å². The van der Waals surface area contributed by atoms with Crippen LogP contribution in [-0.2, 0) is 12.8 Å². The molecule has 3 N–H and O–H groups in total. The van der Waals surface area contributed by atoms with E-state index in [0.717, 1.165) is 12.0 Å². The molecule has 2 aromatic carbocycles. The van der Waals surface area contributed by atoms with Crippen LogP contribution in [0.5, 0.6) is 5.75 Å². The first-order valence-corrected chi connectivity index (χ1v) is 8.07. The summed E-state index contributed by atoms with van der Waals surface area (Å²) in [5.74, 6) is 0.595. The van der Waals surface area contributed by atoms with Crippen molar-refractivity contribution in [3.8, 4) is 5.75 Å². The number of hydrogen-bond donors (Lipinski definition) is 3. The van der Waals surface area contributed by atoms with Gasteiger partial charge in [-0.1, -0.05) is 36.4 Å². The fourth-order valence-electron chi connectivity index (χ4n) is 3.09. The molecule has 0 aromatic heterocycles. The number of ether oxygens (including phenoxy) is 1. The molecule has 0 radical (unpaired) electrons. The zero-order chi connectivity index (χ0) is 17.0. The van der Waals surface area contributed by atoms with Gasteiger partial charge in [-0.05, 0) is 36.1 Å². The van der Waals surface area contributed by atoms with E-state index in [0.29, 0.717) is 24.3 Å². The number of para-hydroxylation sites is 2. The van der Waals surface area contributed by atoms with E-state index in [9.17, 15) is 9.90 Å². The predicted molar refractivity (Wildman–Crippen MR) is 93.4 cm³/mol. The Morgan fingerprint density at radius 3 is 2.67 bits per heavy atom. The van der Waals surface area contributed by atoms with Gasteiger partial charge >= 0.3 is 6.03 Å². The molecule has 0 bridgehead atoms. The molecular formula is C19H22N2O3. The first kappa shape index (κ1) is 16.3. The number of nitrogens with one attached hydrogen (secondary N) is 2. The summed E-state index contributed by atoms with van der Waals surface area (Å²) in [5, 5.41) is 16.3. The van der Waals surface area contributed by atoms with Crippen LogP contribution in [0.1, 0.15) is 17.5 Å². The number of benzene rings is 2. The van der Waals surface area contributed by atoms with Crippen LogP contribution in [0.3, 0.4) is 0 Å². The van der Waals surface area contributed by atoms with Crippen molar-refractivity contribution >= 4 is 11.7 Å². The van der Waals surface area contributed by atoms with Crippen molar-refractivity contribution in [2.45, 2.75) is 24.9 Å². The molecule has 1 aliphatic rings. The van der Waals surface area contributed by atoms with E-state index in [2.05, 4.69) is 16.7 Å². The second-order valence-electron chi connectivity index (χ2n) is 6.18. The zero-order valence-electron chi connectivity index (χ0n) is 13.7. The van der Waals surface area contributed by atoms with Crippen molar-refractivity contribution in [2.75, 3.05) is 19.0 Å². The summed E-state index contributed by atoms with van der Waals surface area (Å²) in [5.41, 5.74) is 2.12. The van der Waals surface area contributed by atoms with Crippen LogP contribution < -0.4 is 15.4 Å². The van der Waals surface area contributed by atoms with Crippen molar-refractivity contribution in [1.29, 1.82) is 0 Å². The van der Waals surface area contributed by atoms with Crippen LogP contribution in [0.2, 0.25) is 0 Å². The van der Waals surface area contributed by atoms with E-state index >= 15 is 0 Å². The summed E-state index contributed by atoms with van der Waals surface area (Å²) < 4.78 is 5.21. The molecule has 0 heterocycles. The summed E-state index contributed by atoms with van der Waals surface area (Å²) in [6.45, 7) is 0.211. The lowest BCUT2D eigenvalue weighted by molar-refractivity contribution is 0.0295. The van der Waals surface area contributed by atoms with Crippen molar-refractivity contribution in [3.63, 3.8) is 0 Å². The Morgan fingerprint density at radius 1 is 1.17 bits per heavy atom. The van der Waals surface area contributed by atoms with Crippen molar-refractivity contribution in [3.05, 3.63) is 59.7 Å². The average Bonchev–Trinajstić information content (AvgIpc) is 2.60. The van der Waals surface area contributed by atoms with Gasteiger partial charge in [-0.15, -0.1) is 0 Å². The van der Waals surface area contributed by atoms with Gasteiger partial charge in [0.15, 0.2) is 0 Å². The summed E-state index contributed by atoms with van der Waals surface area (Å²) >= 11 is 0. The molecule has 0 saturated carbocycles. The Kier molecular flexibility index (Phi) is 4.71. The predicted octanol–water partition coefficient (Wildman–Crippen LogP) is 2.74. The number of urea groups is 1. The van der Waals surface area contributed by atoms with Gasteiger partial charge in [-0.3, -0.25) is 0 Å². The maximum Gasteiger partial charge on any atom is 0.319 e. The summed E-state index contributed by atoms with van der Waals surface area (Å²) in [7, 11) is 1.56. The Hall–Kier alpha value is -2.53. The topological polar surface area (TPSA) is 70.6 Å². The molecular weight excluding hydrogens is 304 g/mol. The highest BCUT2D eigenvalue weighted by Gasteiger charge is 2.32. The molecule has 0 aliphatic heterocycles. The Morgan fingerprint density at radius 2 is 1.88 bits per heavy atom. The van der Waals surface area contributed by atoms with Gasteiger partial charge in [0.25, 0.3) is 0 Å². The molecule has 3 rings (SSSR count). The molecule has 2 aromatic rings. The quantitative estimate of drug-likeness (QED) is 0.809. The molecule has 24 heavy (non-hydrogen) atoms. The largest absolute Gasteiger partial charge is 0.495 e. The molecule has 0 saturated heterocycles. The van der Waals surface area contributed by atoms with E-state index in [-0.39, 0.29) is 12.6 Å². The van der Waals surface area contributed by atoms with Crippen molar-refractivity contribution < 1.29 is 14.6 Å². The second kappa shape index (κ2) is 6.93. The van der Waals surface area contributed by atoms with Gasteiger partial charge in [-0.25, -0.2) is 4.79 Å². The number of carbonyl (C=O) groups excluding carboxylic acids is 1. The van der Waals surface area contributed by atoms with Crippen LogP contribution in [-0.4, -0.2) is 30.4 Å². The molecule has 0 spiro atoms. The minimum Gasteiger partial charge on any atom is -0.495 e. The highest BCUT2D eigenvalue weighted by molar-refractivity contribution is 5.90. The van der Waals surface area contributed by atoms with Gasteiger partial charge in [-0.2, -0.15) is 0 Å². The number of amides is 2. The molecule has 126 valence electrons. The third kappa shape index (κ3) is 3.68. The van der Waals surface area contributed by atoms with Crippen LogP contribution in [0.25, 0.3) is 0 Å². The molecule has 1 aliphatic carbocycles. The Balaban J connectivity index is 1.58. The lowest BCUT2D eigenvalue weighted by Gasteiger charge is -2.33. The van der Waals surface area contributed by atoms with E-state index in [4.69, 9.17) is 4.74 Å². The standard InChI is InChI=1S/C19H22N2O3/c1-24-17-9-5-4-8-16(17)21-18(22)20-13-19(23)11-10-14-6-2-3-7-15(14)12-19/h2-9,23H,10-13H2,1H3,(H2,20,21,22)/t19-/m0/s1. The second-order valence-corrected chi connectivity index (χ2v) is 6.18. The molecule has 5 nitrogen and oxygen atoms in total. The van der Waals surface area contributed by atoms with Gasteiger partial charge < -0.3 is 20.5 Å². The number of hydrogen-bond acceptors (Lipinski definition) is 3. The Bertz CT molecular complexity index is 732. The van der Waals surface area contributed by atoms with E-state index in [1.165, 1.54) is 5.56 Å². The maximum absolute atomic E-state index is 12.1. The number of methoxy groups -OCH3 is 1. The summed E-state index contributed by atoms with van der Waals surface area (Å²) in [4.78, 5) is 12.1. The monoisotopic (exact) mass is 326 g/mol. The Labute approximate surface area is 141 Å². The van der Waals surface area contributed by atoms with Crippen LogP contribution in [0.4, 0.5) is 10.5 Å². The number of aryl methyl sites for hydroxylation is 1. The third-order valence-electron chi connectivity index (χ3n) is 4.43. The maximum atomic E-state index is 12.1. The minimum atomic E-state index is -0.910. The first-order valence-electron chi connectivity index (χ1n) is 8.07. The number of rotatable bonds is 4.